The van der Waals surface area contributed by atoms with E-state index in [9.17, 15) is 27.9 Å². The van der Waals surface area contributed by atoms with Gasteiger partial charge >= 0.3 is 0 Å². The molecule has 5 N–H and O–H groups in total. The van der Waals surface area contributed by atoms with Gasteiger partial charge in [-0.3, -0.25) is 14.4 Å². The van der Waals surface area contributed by atoms with Crippen LogP contribution in [-0.4, -0.2) is 92.0 Å². The number of amides is 3. The largest absolute Gasteiger partial charge is 0.391 e. The van der Waals surface area contributed by atoms with E-state index >= 15 is 0 Å². The van der Waals surface area contributed by atoms with E-state index in [0.717, 1.165) is 62.3 Å². The Labute approximate surface area is 309 Å². The summed E-state index contributed by atoms with van der Waals surface area (Å²) in [5.41, 5.74) is 0.741. The van der Waals surface area contributed by atoms with E-state index in [0.29, 0.717) is 23.8 Å². The molecule has 1 aromatic carbocycles. The van der Waals surface area contributed by atoms with Gasteiger partial charge < -0.3 is 25.8 Å². The molecule has 5 atom stereocenters. The summed E-state index contributed by atoms with van der Waals surface area (Å²) in [7, 11) is -4.05. The fourth-order valence-corrected chi connectivity index (χ4v) is 8.72. The molecule has 288 valence electrons. The number of nitrogens with one attached hydrogen (secondary N) is 4. The van der Waals surface area contributed by atoms with Gasteiger partial charge in [-0.1, -0.05) is 108 Å². The average molecular weight is 752 g/mol. The molecule has 0 spiro atoms. The number of aliphatic hydroxyl groups excluding tert-OH is 1. The van der Waals surface area contributed by atoms with Gasteiger partial charge in [0, 0.05) is 25.6 Å². The van der Waals surface area contributed by atoms with E-state index in [-0.39, 0.29) is 51.0 Å². The number of allylic oxidation sites excluding steroid dienone is 1. The highest BCUT2D eigenvalue weighted by Gasteiger charge is 2.36. The van der Waals surface area contributed by atoms with Crippen molar-refractivity contribution in [3.05, 3.63) is 47.4 Å². The zero-order valence-corrected chi connectivity index (χ0v) is 32.5. The maximum Gasteiger partial charge on any atom is 0.280 e. The second kappa shape index (κ2) is 21.9. The topological polar surface area (TPSA) is 166 Å². The molecule has 3 amide bonds. The molecule has 2 fully saturated rings. The number of benzene rings is 1. The van der Waals surface area contributed by atoms with E-state index in [1.54, 1.807) is 6.92 Å². The number of hydrogen-bond donors (Lipinski definition) is 5. The van der Waals surface area contributed by atoms with Crippen molar-refractivity contribution in [3.63, 3.8) is 0 Å². The normalized spacial score (nSPS) is 19.0. The third-order valence-electron chi connectivity index (χ3n) is 9.60. The van der Waals surface area contributed by atoms with Gasteiger partial charge in [-0.25, -0.2) is 0 Å². The van der Waals surface area contributed by atoms with Crippen molar-refractivity contribution in [2.45, 2.75) is 115 Å². The van der Waals surface area contributed by atoms with Crippen molar-refractivity contribution in [2.24, 2.45) is 17.8 Å². The number of ether oxygens (including phenoxy) is 1. The third-order valence-corrected chi connectivity index (χ3v) is 12.2. The molecule has 2 aliphatic rings. The van der Waals surface area contributed by atoms with Crippen LogP contribution in [0.25, 0.3) is 0 Å². The Balaban J connectivity index is 1.83. The lowest BCUT2D eigenvalue weighted by Gasteiger charge is -2.33. The standard InChI is InChI=1S/C37H61N5O7S2/c1-6-7-18-38-34(44)30(26(2)3)25-33(43)31(23-28-14-10-8-11-15-28)39-36(46)37(50-27(4)5)40-35(45)32(24-29-16-12-9-13-17-29)41-51(47,48)42-19-21-49-22-20-42/h9,12-13,16-17,26,28,30-33,37,41,43H,4,6-8,10-11,14-15,18-25H2,1-3,5H3,(H,38,44)(H,39,46)(H,40,45)/t30?,31?,32-,33?,37?/m0/s1. The van der Waals surface area contributed by atoms with Gasteiger partial charge in [0.05, 0.1) is 25.4 Å². The molecular weight excluding hydrogens is 691 g/mol. The lowest BCUT2D eigenvalue weighted by atomic mass is 9.81. The van der Waals surface area contributed by atoms with Gasteiger partial charge in [0.1, 0.15) is 6.04 Å². The Hall–Kier alpha value is -2.49. The van der Waals surface area contributed by atoms with Gasteiger partial charge in [-0.05, 0) is 54.9 Å². The van der Waals surface area contributed by atoms with Crippen molar-refractivity contribution in [3.8, 4) is 0 Å². The number of hydrogen-bond acceptors (Lipinski definition) is 8. The summed E-state index contributed by atoms with van der Waals surface area (Å²) in [5.74, 6) is -1.47. The summed E-state index contributed by atoms with van der Waals surface area (Å²) in [4.78, 5) is 41.7. The summed E-state index contributed by atoms with van der Waals surface area (Å²) < 4.78 is 35.9. The number of unbranched alkanes of at least 4 members (excludes halogenated alkanes) is 1. The Morgan fingerprint density at radius 3 is 2.29 bits per heavy atom. The molecule has 1 aliphatic carbocycles. The summed E-state index contributed by atoms with van der Waals surface area (Å²) >= 11 is 1.05. The monoisotopic (exact) mass is 751 g/mol. The first kappa shape index (κ1) is 42.9. The van der Waals surface area contributed by atoms with E-state index < -0.39 is 51.5 Å². The molecule has 4 unspecified atom stereocenters. The highest BCUT2D eigenvalue weighted by atomic mass is 32.2. The lowest BCUT2D eigenvalue weighted by Crippen LogP contribution is -2.58. The molecule has 0 radical (unpaired) electrons. The van der Waals surface area contributed by atoms with E-state index in [1.807, 2.05) is 44.2 Å². The van der Waals surface area contributed by atoms with Gasteiger partial charge in [0.2, 0.25) is 11.8 Å². The van der Waals surface area contributed by atoms with Crippen LogP contribution in [0.15, 0.2) is 41.8 Å². The van der Waals surface area contributed by atoms with E-state index in [1.165, 1.54) is 4.31 Å². The Morgan fingerprint density at radius 2 is 1.69 bits per heavy atom. The zero-order chi connectivity index (χ0) is 37.4. The average Bonchev–Trinajstić information content (AvgIpc) is 3.10. The van der Waals surface area contributed by atoms with Crippen LogP contribution < -0.4 is 20.7 Å². The number of thioether (sulfide) groups is 1. The number of carbonyl (C=O) groups excluding carboxylic acids is 3. The van der Waals surface area contributed by atoms with Crippen LogP contribution in [0.3, 0.4) is 0 Å². The van der Waals surface area contributed by atoms with Crippen molar-refractivity contribution in [1.82, 2.24) is 25.0 Å². The van der Waals surface area contributed by atoms with Crippen molar-refractivity contribution in [2.75, 3.05) is 32.8 Å². The smallest absolute Gasteiger partial charge is 0.280 e. The molecule has 1 saturated carbocycles. The van der Waals surface area contributed by atoms with Crippen LogP contribution in [-0.2, 0) is 35.8 Å². The minimum Gasteiger partial charge on any atom is -0.391 e. The van der Waals surface area contributed by atoms with Crippen molar-refractivity contribution in [1.29, 1.82) is 0 Å². The first-order chi connectivity index (χ1) is 24.3. The molecule has 1 heterocycles. The molecule has 51 heavy (non-hydrogen) atoms. The predicted molar refractivity (Wildman–Crippen MR) is 203 cm³/mol. The molecule has 0 bridgehead atoms. The maximum atomic E-state index is 14.1. The summed E-state index contributed by atoms with van der Waals surface area (Å²) in [5, 5.41) is 19.4. The zero-order valence-electron chi connectivity index (χ0n) is 30.9. The lowest BCUT2D eigenvalue weighted by molar-refractivity contribution is -0.129. The quantitative estimate of drug-likeness (QED) is 0.0934. The third kappa shape index (κ3) is 14.8. The Bertz CT molecular complexity index is 1350. The minimum absolute atomic E-state index is 0.0268. The molecule has 1 aromatic rings. The second-order valence-electron chi connectivity index (χ2n) is 14.2. The number of carbonyl (C=O) groups is 3. The fraction of sp³-hybridized carbons (Fsp3) is 0.703. The molecule has 0 aromatic heterocycles. The molecule has 1 aliphatic heterocycles. The van der Waals surface area contributed by atoms with Crippen LogP contribution in [0.2, 0.25) is 0 Å². The van der Waals surface area contributed by atoms with Crippen LogP contribution in [0.5, 0.6) is 0 Å². The highest BCUT2D eigenvalue weighted by molar-refractivity contribution is 8.04. The number of nitrogens with zero attached hydrogens (tertiary/aromatic N) is 1. The Morgan fingerprint density at radius 1 is 1.02 bits per heavy atom. The SMILES string of the molecule is C=C(C)SC(NC(=O)[C@H](Cc1ccccc1)NS(=O)(=O)N1CCOCC1)C(=O)NC(CC1CCCCC1)C(O)CC(C(=O)NCCCC)C(C)C. The summed E-state index contributed by atoms with van der Waals surface area (Å²) in [6, 6.07) is 7.19. The van der Waals surface area contributed by atoms with Gasteiger partial charge in [-0.2, -0.15) is 17.4 Å². The van der Waals surface area contributed by atoms with Crippen molar-refractivity contribution < 1.29 is 32.6 Å². The molecule has 12 nitrogen and oxygen atoms in total. The first-order valence-electron chi connectivity index (χ1n) is 18.6. The summed E-state index contributed by atoms with van der Waals surface area (Å²) in [6.45, 7) is 13.0. The maximum absolute atomic E-state index is 14.1. The second-order valence-corrected chi connectivity index (χ2v) is 17.3. The molecule has 1 saturated heterocycles. The number of morpholine rings is 1. The van der Waals surface area contributed by atoms with Gasteiger partial charge in [0.25, 0.3) is 16.1 Å². The highest BCUT2D eigenvalue weighted by Crippen LogP contribution is 2.30. The fourth-order valence-electron chi connectivity index (χ4n) is 6.64. The van der Waals surface area contributed by atoms with E-state index in [4.69, 9.17) is 4.74 Å². The van der Waals surface area contributed by atoms with Crippen LogP contribution >= 0.6 is 11.8 Å². The van der Waals surface area contributed by atoms with Crippen LogP contribution in [0.1, 0.15) is 91.0 Å². The Kier molecular flexibility index (Phi) is 18.4. The van der Waals surface area contributed by atoms with Crippen molar-refractivity contribution >= 4 is 39.7 Å². The minimum atomic E-state index is -4.05. The first-order valence-corrected chi connectivity index (χ1v) is 20.9. The molecular formula is C37H61N5O7S2. The van der Waals surface area contributed by atoms with Crippen LogP contribution in [0.4, 0.5) is 0 Å². The predicted octanol–water partition coefficient (Wildman–Crippen LogP) is 3.87. The van der Waals surface area contributed by atoms with Gasteiger partial charge in [0.15, 0.2) is 5.37 Å². The van der Waals surface area contributed by atoms with E-state index in [2.05, 4.69) is 34.2 Å². The molecule has 3 rings (SSSR count). The van der Waals surface area contributed by atoms with Crippen LogP contribution in [0, 0.1) is 17.8 Å². The number of aliphatic hydroxyl groups is 1. The summed E-state index contributed by atoms with van der Waals surface area (Å²) in [6.07, 6.45) is 6.93. The number of rotatable bonds is 21. The van der Waals surface area contributed by atoms with Gasteiger partial charge in [-0.15, -0.1) is 0 Å². The molecule has 14 heteroatoms.